The third-order valence-electron chi connectivity index (χ3n) is 5.92. The van der Waals surface area contributed by atoms with E-state index < -0.39 is 10.1 Å². The summed E-state index contributed by atoms with van der Waals surface area (Å²) in [7, 11) is -3.63. The summed E-state index contributed by atoms with van der Waals surface area (Å²) < 4.78 is 30.9. The van der Waals surface area contributed by atoms with Crippen molar-refractivity contribution in [2.75, 3.05) is 0 Å². The Bertz CT molecular complexity index is 635. The summed E-state index contributed by atoms with van der Waals surface area (Å²) in [4.78, 5) is 0.294. The van der Waals surface area contributed by atoms with E-state index in [9.17, 15) is 8.42 Å². The highest BCUT2D eigenvalue weighted by molar-refractivity contribution is 7.86. The summed E-state index contributed by atoms with van der Waals surface area (Å²) in [6, 6.07) is 6.98. The Labute approximate surface area is 133 Å². The second-order valence-corrected chi connectivity index (χ2v) is 9.25. The van der Waals surface area contributed by atoms with Gasteiger partial charge in [0, 0.05) is 0 Å². The second-order valence-electron chi connectivity index (χ2n) is 7.67. The molecule has 0 aliphatic heterocycles. The number of hydrogen-bond acceptors (Lipinski definition) is 3. The number of rotatable bonds is 3. The SMILES string of the molecule is Cc1ccc(S(=O)(=O)OC2CC3C[C@@H]4CC2C[C@H](C3)C4)cc1. The third kappa shape index (κ3) is 2.71. The van der Waals surface area contributed by atoms with Crippen LogP contribution in [0.5, 0.6) is 0 Å². The van der Waals surface area contributed by atoms with Gasteiger partial charge in [0.15, 0.2) is 0 Å². The number of aryl methyl sites for hydroxylation is 1. The summed E-state index contributed by atoms with van der Waals surface area (Å²) >= 11 is 0. The Hall–Kier alpha value is -0.870. The lowest BCUT2D eigenvalue weighted by molar-refractivity contribution is 0.0890. The minimum Gasteiger partial charge on any atom is -0.263 e. The molecule has 0 spiro atoms. The van der Waals surface area contributed by atoms with Gasteiger partial charge in [0.2, 0.25) is 0 Å². The molecule has 4 saturated carbocycles. The molecule has 0 amide bonds. The molecule has 3 nitrogen and oxygen atoms in total. The third-order valence-corrected chi connectivity index (χ3v) is 7.27. The van der Waals surface area contributed by atoms with Gasteiger partial charge in [-0.3, -0.25) is 4.18 Å². The zero-order valence-corrected chi connectivity index (χ0v) is 13.9. The first-order chi connectivity index (χ1) is 10.5. The average molecular weight is 320 g/mol. The largest absolute Gasteiger partial charge is 0.297 e. The van der Waals surface area contributed by atoms with Crippen molar-refractivity contribution in [3.05, 3.63) is 29.8 Å². The summed E-state index contributed by atoms with van der Waals surface area (Å²) in [5.41, 5.74) is 1.06. The minimum atomic E-state index is -3.63. The quantitative estimate of drug-likeness (QED) is 0.793. The lowest BCUT2D eigenvalue weighted by atomic mass is 9.68. The van der Waals surface area contributed by atoms with Crippen molar-refractivity contribution in [1.29, 1.82) is 0 Å². The van der Waals surface area contributed by atoms with E-state index in [0.717, 1.165) is 23.8 Å². The minimum absolute atomic E-state index is 0.105. The molecule has 0 aromatic heterocycles. The van der Waals surface area contributed by atoms with Gasteiger partial charge in [-0.15, -0.1) is 0 Å². The van der Waals surface area contributed by atoms with Crippen LogP contribution in [-0.2, 0) is 14.3 Å². The van der Waals surface area contributed by atoms with Gasteiger partial charge in [0.05, 0.1) is 11.0 Å². The highest BCUT2D eigenvalue weighted by Crippen LogP contribution is 2.52. The van der Waals surface area contributed by atoms with E-state index in [0.29, 0.717) is 16.7 Å². The van der Waals surface area contributed by atoms with E-state index in [-0.39, 0.29) is 6.10 Å². The number of benzene rings is 1. The van der Waals surface area contributed by atoms with Crippen LogP contribution >= 0.6 is 0 Å². The van der Waals surface area contributed by atoms with Crippen molar-refractivity contribution >= 4 is 10.1 Å². The van der Waals surface area contributed by atoms with E-state index in [1.54, 1.807) is 12.1 Å². The van der Waals surface area contributed by atoms with Crippen molar-refractivity contribution in [2.45, 2.75) is 56.4 Å². The molecule has 5 rings (SSSR count). The molecular weight excluding hydrogens is 296 g/mol. The van der Waals surface area contributed by atoms with Crippen LogP contribution < -0.4 is 0 Å². The molecule has 0 heterocycles. The topological polar surface area (TPSA) is 43.4 Å². The standard InChI is InChI=1S/C18H24O3S/c1-12-2-4-17(5-3-12)22(19,20)21-18-11-15-7-13-6-14(8-15)10-16(18)9-13/h2-5,13-16,18H,6-11H2,1H3/t13-,14+,15?,16?,18?. The fourth-order valence-corrected chi connectivity index (χ4v) is 6.24. The zero-order chi connectivity index (χ0) is 15.3. The predicted octanol–water partition coefficient (Wildman–Crippen LogP) is 3.92. The molecule has 1 aromatic carbocycles. The Kier molecular flexibility index (Phi) is 3.57. The Morgan fingerprint density at radius 3 is 2.00 bits per heavy atom. The highest BCUT2D eigenvalue weighted by atomic mass is 32.2. The smallest absolute Gasteiger partial charge is 0.263 e. The molecule has 0 saturated heterocycles. The Morgan fingerprint density at radius 1 is 0.864 bits per heavy atom. The van der Waals surface area contributed by atoms with Gasteiger partial charge in [-0.25, -0.2) is 0 Å². The van der Waals surface area contributed by atoms with Crippen LogP contribution in [0.25, 0.3) is 0 Å². The van der Waals surface area contributed by atoms with Gasteiger partial charge in [-0.05, 0) is 81.3 Å². The molecular formula is C18H24O3S. The summed E-state index contributed by atoms with van der Waals surface area (Å²) in [5.74, 6) is 2.75. The highest BCUT2D eigenvalue weighted by Gasteiger charge is 2.45. The molecule has 4 heteroatoms. The first kappa shape index (κ1) is 14.7. The normalized spacial score (nSPS) is 37.2. The lowest BCUT2D eigenvalue weighted by Gasteiger charge is -2.38. The molecule has 4 fully saturated rings. The van der Waals surface area contributed by atoms with Crippen LogP contribution in [0.2, 0.25) is 0 Å². The molecule has 120 valence electrons. The molecule has 1 aromatic rings. The molecule has 4 bridgehead atoms. The summed E-state index contributed by atoms with van der Waals surface area (Å²) in [6.07, 6.45) is 7.11. The lowest BCUT2D eigenvalue weighted by Crippen LogP contribution is -2.31. The molecule has 3 unspecified atom stereocenters. The average Bonchev–Trinajstić information content (AvgIpc) is 2.63. The van der Waals surface area contributed by atoms with E-state index in [1.165, 1.54) is 32.1 Å². The van der Waals surface area contributed by atoms with E-state index >= 15 is 0 Å². The molecule has 0 N–H and O–H groups in total. The molecule has 4 aliphatic rings. The van der Waals surface area contributed by atoms with Crippen LogP contribution in [0.4, 0.5) is 0 Å². The van der Waals surface area contributed by atoms with Crippen molar-refractivity contribution in [3.8, 4) is 0 Å². The summed E-state index contributed by atoms with van der Waals surface area (Å²) in [5, 5.41) is 0. The van der Waals surface area contributed by atoms with Crippen molar-refractivity contribution in [2.24, 2.45) is 23.7 Å². The molecule has 0 radical (unpaired) electrons. The van der Waals surface area contributed by atoms with Crippen molar-refractivity contribution in [1.82, 2.24) is 0 Å². The van der Waals surface area contributed by atoms with Crippen molar-refractivity contribution < 1.29 is 12.6 Å². The molecule has 22 heavy (non-hydrogen) atoms. The Morgan fingerprint density at radius 2 is 1.41 bits per heavy atom. The number of fused-ring (bicyclic) bond motifs is 1. The Balaban J connectivity index is 1.56. The number of hydrogen-bond donors (Lipinski definition) is 0. The van der Waals surface area contributed by atoms with Gasteiger partial charge in [-0.2, -0.15) is 8.42 Å². The maximum Gasteiger partial charge on any atom is 0.297 e. The van der Waals surface area contributed by atoms with Gasteiger partial charge in [0.25, 0.3) is 10.1 Å². The van der Waals surface area contributed by atoms with Gasteiger partial charge in [0.1, 0.15) is 0 Å². The van der Waals surface area contributed by atoms with Crippen LogP contribution in [0.15, 0.2) is 29.2 Å². The van der Waals surface area contributed by atoms with Crippen LogP contribution in [0, 0.1) is 30.6 Å². The fourth-order valence-electron chi connectivity index (χ4n) is 5.10. The first-order valence-corrected chi connectivity index (χ1v) is 9.90. The zero-order valence-electron chi connectivity index (χ0n) is 13.1. The van der Waals surface area contributed by atoms with Crippen LogP contribution in [-0.4, -0.2) is 14.5 Å². The van der Waals surface area contributed by atoms with E-state index in [1.807, 2.05) is 19.1 Å². The molecule has 5 atom stereocenters. The summed E-state index contributed by atoms with van der Waals surface area (Å²) in [6.45, 7) is 1.96. The van der Waals surface area contributed by atoms with Crippen molar-refractivity contribution in [3.63, 3.8) is 0 Å². The first-order valence-electron chi connectivity index (χ1n) is 8.49. The van der Waals surface area contributed by atoms with E-state index in [2.05, 4.69) is 0 Å². The monoisotopic (exact) mass is 320 g/mol. The van der Waals surface area contributed by atoms with Gasteiger partial charge in [-0.1, -0.05) is 17.7 Å². The molecule has 4 aliphatic carbocycles. The van der Waals surface area contributed by atoms with E-state index in [4.69, 9.17) is 4.18 Å². The van der Waals surface area contributed by atoms with Crippen LogP contribution in [0.1, 0.15) is 44.1 Å². The fraction of sp³-hybridized carbons (Fsp3) is 0.667. The second kappa shape index (κ2) is 5.34. The maximum absolute atomic E-state index is 12.6. The van der Waals surface area contributed by atoms with Gasteiger partial charge >= 0.3 is 0 Å². The predicted molar refractivity (Wildman–Crippen MR) is 84.9 cm³/mol. The maximum atomic E-state index is 12.6. The van der Waals surface area contributed by atoms with Gasteiger partial charge < -0.3 is 0 Å². The van der Waals surface area contributed by atoms with Crippen LogP contribution in [0.3, 0.4) is 0 Å².